The van der Waals surface area contributed by atoms with Gasteiger partial charge in [0.15, 0.2) is 5.17 Å². The smallest absolute Gasteiger partial charge is 0.259 e. The molecule has 1 aliphatic heterocycles. The molecule has 0 bridgehead atoms. The van der Waals surface area contributed by atoms with Crippen molar-refractivity contribution in [2.24, 2.45) is 4.99 Å². The van der Waals surface area contributed by atoms with Crippen molar-refractivity contribution in [1.29, 1.82) is 0 Å². The van der Waals surface area contributed by atoms with Crippen LogP contribution in [0.15, 0.2) is 53.5 Å². The van der Waals surface area contributed by atoms with E-state index in [9.17, 15) is 4.79 Å². The van der Waals surface area contributed by atoms with Gasteiger partial charge in [0.25, 0.3) is 5.91 Å². The van der Waals surface area contributed by atoms with Crippen molar-refractivity contribution in [3.05, 3.63) is 65.2 Å². The lowest BCUT2D eigenvalue weighted by molar-refractivity contribution is 0.0860. The fraction of sp³-hybridized carbons (Fsp3) is 0.364. The van der Waals surface area contributed by atoms with Gasteiger partial charge < -0.3 is 4.74 Å². The van der Waals surface area contributed by atoms with Gasteiger partial charge >= 0.3 is 0 Å². The van der Waals surface area contributed by atoms with Crippen LogP contribution in [0.25, 0.3) is 0 Å². The SMILES string of the molecule is CCCCOc1ccc(C(=O)N2CCN=C2SCc2ccccc2C)cc1. The van der Waals surface area contributed by atoms with E-state index < -0.39 is 0 Å². The maximum absolute atomic E-state index is 12.9. The monoisotopic (exact) mass is 382 g/mol. The van der Waals surface area contributed by atoms with E-state index >= 15 is 0 Å². The highest BCUT2D eigenvalue weighted by atomic mass is 32.2. The van der Waals surface area contributed by atoms with E-state index in [1.807, 2.05) is 36.4 Å². The standard InChI is InChI=1S/C22H26N2O2S/c1-3-4-15-26-20-11-9-18(10-12-20)21(25)24-14-13-23-22(24)27-16-19-8-6-5-7-17(19)2/h5-12H,3-4,13-16H2,1-2H3. The second kappa shape index (κ2) is 9.60. The number of rotatable bonds is 7. The van der Waals surface area contributed by atoms with Gasteiger partial charge in [-0.2, -0.15) is 0 Å². The van der Waals surface area contributed by atoms with Gasteiger partial charge in [-0.1, -0.05) is 49.4 Å². The van der Waals surface area contributed by atoms with Crippen LogP contribution in [-0.2, 0) is 5.75 Å². The number of hydrogen-bond donors (Lipinski definition) is 0. The predicted molar refractivity (Wildman–Crippen MR) is 113 cm³/mol. The maximum Gasteiger partial charge on any atom is 0.259 e. The van der Waals surface area contributed by atoms with Crippen molar-refractivity contribution >= 4 is 22.8 Å². The molecule has 142 valence electrons. The topological polar surface area (TPSA) is 41.9 Å². The number of carbonyl (C=O) groups is 1. The molecular formula is C22H26N2O2S. The molecule has 0 spiro atoms. The van der Waals surface area contributed by atoms with Gasteiger partial charge in [-0.05, 0) is 48.7 Å². The Labute approximate surface area is 165 Å². The molecule has 1 heterocycles. The Morgan fingerprint density at radius 1 is 1.19 bits per heavy atom. The Balaban J connectivity index is 1.60. The van der Waals surface area contributed by atoms with Crippen molar-refractivity contribution in [2.75, 3.05) is 19.7 Å². The van der Waals surface area contributed by atoms with Crippen LogP contribution >= 0.6 is 11.8 Å². The summed E-state index contributed by atoms with van der Waals surface area (Å²) in [6.45, 7) is 6.27. The number of unbranched alkanes of at least 4 members (excludes halogenated alkanes) is 1. The second-order valence-corrected chi connectivity index (χ2v) is 7.51. The molecule has 0 N–H and O–H groups in total. The first-order chi connectivity index (χ1) is 13.2. The molecule has 2 aromatic carbocycles. The van der Waals surface area contributed by atoms with E-state index in [1.165, 1.54) is 11.1 Å². The van der Waals surface area contributed by atoms with Gasteiger partial charge in [0.1, 0.15) is 5.75 Å². The highest BCUT2D eigenvalue weighted by Gasteiger charge is 2.25. The van der Waals surface area contributed by atoms with Crippen LogP contribution < -0.4 is 4.74 Å². The zero-order chi connectivity index (χ0) is 19.1. The summed E-state index contributed by atoms with van der Waals surface area (Å²) in [5.41, 5.74) is 3.21. The Morgan fingerprint density at radius 3 is 2.70 bits per heavy atom. The van der Waals surface area contributed by atoms with Crippen molar-refractivity contribution < 1.29 is 9.53 Å². The number of benzene rings is 2. The van der Waals surface area contributed by atoms with Crippen LogP contribution in [0.5, 0.6) is 5.75 Å². The van der Waals surface area contributed by atoms with Crippen LogP contribution in [-0.4, -0.2) is 35.7 Å². The summed E-state index contributed by atoms with van der Waals surface area (Å²) in [6, 6.07) is 15.7. The number of nitrogens with zero attached hydrogens (tertiary/aromatic N) is 2. The molecule has 3 rings (SSSR count). The molecule has 5 heteroatoms. The van der Waals surface area contributed by atoms with Gasteiger partial charge in [-0.3, -0.25) is 14.7 Å². The molecule has 1 aliphatic rings. The first-order valence-electron chi connectivity index (χ1n) is 9.45. The quantitative estimate of drug-likeness (QED) is 0.638. The Bertz CT molecular complexity index is 802. The zero-order valence-electron chi connectivity index (χ0n) is 16.0. The minimum absolute atomic E-state index is 0.00337. The predicted octanol–water partition coefficient (Wildman–Crippen LogP) is 4.92. The van der Waals surface area contributed by atoms with E-state index in [0.29, 0.717) is 25.3 Å². The molecule has 0 unspecified atom stereocenters. The van der Waals surface area contributed by atoms with Crippen molar-refractivity contribution in [1.82, 2.24) is 4.90 Å². The van der Waals surface area contributed by atoms with Crippen LogP contribution in [0, 0.1) is 6.92 Å². The highest BCUT2D eigenvalue weighted by Crippen LogP contribution is 2.23. The number of aliphatic imine (C=N–C) groups is 1. The summed E-state index contributed by atoms with van der Waals surface area (Å²) in [5, 5.41) is 0.812. The minimum Gasteiger partial charge on any atom is -0.494 e. The third-order valence-electron chi connectivity index (χ3n) is 4.53. The molecule has 2 aromatic rings. The van der Waals surface area contributed by atoms with E-state index in [1.54, 1.807) is 16.7 Å². The lowest BCUT2D eigenvalue weighted by atomic mass is 10.1. The first kappa shape index (κ1) is 19.5. The second-order valence-electron chi connectivity index (χ2n) is 6.56. The lowest BCUT2D eigenvalue weighted by Gasteiger charge is -2.18. The van der Waals surface area contributed by atoms with E-state index in [4.69, 9.17) is 4.74 Å². The number of aryl methyl sites for hydroxylation is 1. The van der Waals surface area contributed by atoms with Gasteiger partial charge in [-0.25, -0.2) is 0 Å². The largest absolute Gasteiger partial charge is 0.494 e. The summed E-state index contributed by atoms with van der Waals surface area (Å²) in [4.78, 5) is 19.2. The van der Waals surface area contributed by atoms with Crippen molar-refractivity contribution in [3.63, 3.8) is 0 Å². The summed E-state index contributed by atoms with van der Waals surface area (Å²) in [7, 11) is 0. The van der Waals surface area contributed by atoms with Crippen LogP contribution in [0.3, 0.4) is 0 Å². The molecule has 0 saturated carbocycles. The van der Waals surface area contributed by atoms with Crippen LogP contribution in [0.2, 0.25) is 0 Å². The van der Waals surface area contributed by atoms with Gasteiger partial charge in [-0.15, -0.1) is 0 Å². The third-order valence-corrected chi connectivity index (χ3v) is 5.60. The number of thioether (sulfide) groups is 1. The Morgan fingerprint density at radius 2 is 1.96 bits per heavy atom. The van der Waals surface area contributed by atoms with Gasteiger partial charge in [0.2, 0.25) is 0 Å². The van der Waals surface area contributed by atoms with Crippen molar-refractivity contribution in [2.45, 2.75) is 32.4 Å². The zero-order valence-corrected chi connectivity index (χ0v) is 16.8. The van der Waals surface area contributed by atoms with Crippen LogP contribution in [0.1, 0.15) is 41.3 Å². The average molecular weight is 383 g/mol. The van der Waals surface area contributed by atoms with Gasteiger partial charge in [0.05, 0.1) is 13.2 Å². The summed E-state index contributed by atoms with van der Waals surface area (Å²) in [5.74, 6) is 1.63. The Kier molecular flexibility index (Phi) is 6.93. The van der Waals surface area contributed by atoms with Gasteiger partial charge in [0, 0.05) is 17.9 Å². The fourth-order valence-corrected chi connectivity index (χ4v) is 3.96. The number of carbonyl (C=O) groups excluding carboxylic acids is 1. The highest BCUT2D eigenvalue weighted by molar-refractivity contribution is 8.13. The molecule has 0 fully saturated rings. The molecule has 27 heavy (non-hydrogen) atoms. The summed E-state index contributed by atoms with van der Waals surface area (Å²) < 4.78 is 5.67. The lowest BCUT2D eigenvalue weighted by Crippen LogP contribution is -2.32. The van der Waals surface area contributed by atoms with Crippen molar-refractivity contribution in [3.8, 4) is 5.75 Å². The molecule has 0 aromatic heterocycles. The Hall–Kier alpha value is -2.27. The number of hydrogen-bond acceptors (Lipinski definition) is 4. The van der Waals surface area contributed by atoms with E-state index in [2.05, 4.69) is 31.0 Å². The number of amides is 1. The number of ether oxygens (including phenoxy) is 1. The average Bonchev–Trinajstić information content (AvgIpc) is 3.16. The number of amidine groups is 1. The molecule has 1 amide bonds. The maximum atomic E-state index is 12.9. The molecule has 4 nitrogen and oxygen atoms in total. The molecular weight excluding hydrogens is 356 g/mol. The van der Waals surface area contributed by atoms with E-state index in [0.717, 1.165) is 29.5 Å². The van der Waals surface area contributed by atoms with E-state index in [-0.39, 0.29) is 5.91 Å². The molecule has 0 atom stereocenters. The minimum atomic E-state index is 0.00337. The molecule has 0 saturated heterocycles. The summed E-state index contributed by atoms with van der Waals surface area (Å²) in [6.07, 6.45) is 2.14. The summed E-state index contributed by atoms with van der Waals surface area (Å²) >= 11 is 1.63. The fourth-order valence-electron chi connectivity index (χ4n) is 2.84. The third kappa shape index (κ3) is 5.13. The normalized spacial score (nSPS) is 13.6. The molecule has 0 aliphatic carbocycles. The van der Waals surface area contributed by atoms with Crippen LogP contribution in [0.4, 0.5) is 0 Å². The first-order valence-corrected chi connectivity index (χ1v) is 10.4. The molecule has 0 radical (unpaired) electrons.